The quantitative estimate of drug-likeness (QED) is 0.615. The third kappa shape index (κ3) is 3.28. The molecule has 1 unspecified atom stereocenters. The molecule has 8 heteroatoms. The summed E-state index contributed by atoms with van der Waals surface area (Å²) >= 11 is 5.73. The average molecular weight is 274 g/mol. The molecule has 7 nitrogen and oxygen atoms in total. The lowest BCUT2D eigenvalue weighted by molar-refractivity contribution is -0.149. The second kappa shape index (κ2) is 5.94. The Bertz CT molecular complexity index is 437. The minimum absolute atomic E-state index is 0.0334. The molecule has 1 saturated heterocycles. The largest absolute Gasteiger partial charge is 0.467 e. The molecule has 0 spiro atoms. The number of carbonyl (C=O) groups excluding carboxylic acids is 1. The van der Waals surface area contributed by atoms with Gasteiger partial charge in [0.2, 0.25) is 5.88 Å². The molecule has 0 aromatic carbocycles. The third-order valence-electron chi connectivity index (χ3n) is 2.23. The van der Waals surface area contributed by atoms with Gasteiger partial charge in [-0.3, -0.25) is 0 Å². The van der Waals surface area contributed by atoms with Gasteiger partial charge in [-0.25, -0.2) is 4.79 Å². The molecule has 1 aromatic rings. The highest BCUT2D eigenvalue weighted by atomic mass is 35.5. The summed E-state index contributed by atoms with van der Waals surface area (Å²) in [5, 5.41) is 3.16. The zero-order chi connectivity index (χ0) is 13.0. The monoisotopic (exact) mass is 273 g/mol. The first-order valence-electron chi connectivity index (χ1n) is 5.31. The zero-order valence-electron chi connectivity index (χ0n) is 9.68. The molecule has 1 atom stereocenters. The molecule has 1 N–H and O–H groups in total. The Balaban J connectivity index is 2.03. The summed E-state index contributed by atoms with van der Waals surface area (Å²) < 4.78 is 15.1. The van der Waals surface area contributed by atoms with Crippen molar-refractivity contribution in [2.45, 2.75) is 6.10 Å². The van der Waals surface area contributed by atoms with Gasteiger partial charge in [0.05, 0.1) is 13.7 Å². The van der Waals surface area contributed by atoms with Gasteiger partial charge in [0.25, 0.3) is 0 Å². The molecule has 1 aromatic heterocycles. The Labute approximate surface area is 108 Å². The van der Waals surface area contributed by atoms with E-state index in [1.54, 1.807) is 0 Å². The lowest BCUT2D eigenvalue weighted by Crippen LogP contribution is -2.44. The molecule has 1 fully saturated rings. The van der Waals surface area contributed by atoms with Gasteiger partial charge in [0.15, 0.2) is 6.10 Å². The van der Waals surface area contributed by atoms with Gasteiger partial charge in [-0.05, 0) is 0 Å². The van der Waals surface area contributed by atoms with E-state index in [1.807, 2.05) is 0 Å². The van der Waals surface area contributed by atoms with Crippen molar-refractivity contribution in [1.82, 2.24) is 15.3 Å². The van der Waals surface area contributed by atoms with Crippen molar-refractivity contribution < 1.29 is 19.0 Å². The smallest absolute Gasteiger partial charge is 0.343 e. The Hall–Kier alpha value is -1.44. The summed E-state index contributed by atoms with van der Waals surface area (Å²) in [4.78, 5) is 19.4. The Morgan fingerprint density at radius 2 is 2.44 bits per heavy atom. The number of nitrogens with zero attached hydrogens (tertiary/aromatic N) is 2. The topological polar surface area (TPSA) is 82.6 Å². The van der Waals surface area contributed by atoms with Crippen LogP contribution >= 0.6 is 11.6 Å². The summed E-state index contributed by atoms with van der Waals surface area (Å²) in [5.41, 5.74) is 0. The van der Waals surface area contributed by atoms with E-state index in [-0.39, 0.29) is 17.0 Å². The van der Waals surface area contributed by atoms with Crippen LogP contribution in [-0.2, 0) is 9.53 Å². The summed E-state index contributed by atoms with van der Waals surface area (Å²) in [6.07, 6.45) is -0.640. The molecule has 0 aliphatic carbocycles. The standard InChI is InChI=1S/C10H12ClN3O4/c1-16-10-13-7(11)4-8(14-10)18-9(15)6-5-12-2-3-17-6/h4,6,12H,2-3,5H2,1H3. The number of hydrogen-bond acceptors (Lipinski definition) is 7. The molecular formula is C10H12ClN3O4. The highest BCUT2D eigenvalue weighted by Gasteiger charge is 2.24. The van der Waals surface area contributed by atoms with Gasteiger partial charge < -0.3 is 19.5 Å². The first kappa shape index (κ1) is 13.0. The van der Waals surface area contributed by atoms with Gasteiger partial charge in [0, 0.05) is 19.2 Å². The molecule has 0 radical (unpaired) electrons. The molecule has 1 aliphatic heterocycles. The highest BCUT2D eigenvalue weighted by molar-refractivity contribution is 6.29. The normalized spacial score (nSPS) is 19.3. The van der Waals surface area contributed by atoms with Gasteiger partial charge in [-0.2, -0.15) is 9.97 Å². The molecule has 1 aliphatic rings. The predicted molar refractivity (Wildman–Crippen MR) is 61.8 cm³/mol. The maximum Gasteiger partial charge on any atom is 0.343 e. The van der Waals surface area contributed by atoms with Gasteiger partial charge in [-0.1, -0.05) is 11.6 Å². The van der Waals surface area contributed by atoms with Crippen molar-refractivity contribution in [3.63, 3.8) is 0 Å². The minimum Gasteiger partial charge on any atom is -0.467 e. The third-order valence-corrected chi connectivity index (χ3v) is 2.42. The first-order chi connectivity index (χ1) is 8.69. The van der Waals surface area contributed by atoms with E-state index in [4.69, 9.17) is 25.8 Å². The average Bonchev–Trinajstić information content (AvgIpc) is 2.39. The molecule has 0 bridgehead atoms. The summed E-state index contributed by atoms with van der Waals surface area (Å²) in [7, 11) is 1.39. The SMILES string of the molecule is COc1nc(Cl)cc(OC(=O)C2CNCCO2)n1. The predicted octanol–water partition coefficient (Wildman–Crippen LogP) is 0.0324. The van der Waals surface area contributed by atoms with Crippen LogP contribution in [0.15, 0.2) is 6.07 Å². The van der Waals surface area contributed by atoms with E-state index in [0.29, 0.717) is 13.2 Å². The molecule has 98 valence electrons. The fourth-order valence-electron chi connectivity index (χ4n) is 1.41. The number of halogens is 1. The Morgan fingerprint density at radius 3 is 3.11 bits per heavy atom. The summed E-state index contributed by atoms with van der Waals surface area (Å²) in [5.74, 6) is -0.495. The van der Waals surface area contributed by atoms with E-state index in [0.717, 1.165) is 6.54 Å². The fraction of sp³-hybridized carbons (Fsp3) is 0.500. The van der Waals surface area contributed by atoms with Crippen LogP contribution in [0.1, 0.15) is 0 Å². The highest BCUT2D eigenvalue weighted by Crippen LogP contribution is 2.18. The molecule has 2 rings (SSSR count). The number of methoxy groups -OCH3 is 1. The lowest BCUT2D eigenvalue weighted by Gasteiger charge is -2.21. The first-order valence-corrected chi connectivity index (χ1v) is 5.69. The van der Waals surface area contributed by atoms with Crippen LogP contribution in [0.4, 0.5) is 0 Å². The van der Waals surface area contributed by atoms with Gasteiger partial charge in [-0.15, -0.1) is 0 Å². The van der Waals surface area contributed by atoms with Gasteiger partial charge >= 0.3 is 12.0 Å². The Morgan fingerprint density at radius 1 is 1.61 bits per heavy atom. The zero-order valence-corrected chi connectivity index (χ0v) is 10.4. The van der Waals surface area contributed by atoms with E-state index in [2.05, 4.69) is 15.3 Å². The van der Waals surface area contributed by atoms with Crippen molar-refractivity contribution in [3.8, 4) is 11.9 Å². The maximum atomic E-state index is 11.7. The molecule has 0 amide bonds. The van der Waals surface area contributed by atoms with E-state index in [1.165, 1.54) is 13.2 Å². The number of hydrogen-bond donors (Lipinski definition) is 1. The summed E-state index contributed by atoms with van der Waals surface area (Å²) in [6.45, 7) is 1.60. The molecular weight excluding hydrogens is 262 g/mol. The molecule has 2 heterocycles. The number of nitrogens with one attached hydrogen (secondary N) is 1. The van der Waals surface area contributed by atoms with Crippen LogP contribution in [0.2, 0.25) is 5.15 Å². The van der Waals surface area contributed by atoms with Crippen molar-refractivity contribution >= 4 is 17.6 Å². The maximum absolute atomic E-state index is 11.7. The van der Waals surface area contributed by atoms with Crippen LogP contribution < -0.4 is 14.8 Å². The van der Waals surface area contributed by atoms with E-state index in [9.17, 15) is 4.79 Å². The fourth-order valence-corrected chi connectivity index (χ4v) is 1.57. The lowest BCUT2D eigenvalue weighted by atomic mass is 10.3. The number of ether oxygens (including phenoxy) is 3. The van der Waals surface area contributed by atoms with Crippen molar-refractivity contribution in [2.24, 2.45) is 0 Å². The number of morpholine rings is 1. The minimum atomic E-state index is -0.640. The van der Waals surface area contributed by atoms with Crippen LogP contribution in [-0.4, -0.2) is 48.8 Å². The van der Waals surface area contributed by atoms with Crippen molar-refractivity contribution in [1.29, 1.82) is 0 Å². The second-order valence-electron chi connectivity index (χ2n) is 3.50. The van der Waals surface area contributed by atoms with E-state index < -0.39 is 12.1 Å². The van der Waals surface area contributed by atoms with Crippen LogP contribution in [0.5, 0.6) is 11.9 Å². The molecule has 0 saturated carbocycles. The number of esters is 1. The van der Waals surface area contributed by atoms with Crippen LogP contribution in [0.3, 0.4) is 0 Å². The summed E-state index contributed by atoms with van der Waals surface area (Å²) in [6, 6.07) is 1.37. The van der Waals surface area contributed by atoms with Crippen molar-refractivity contribution in [3.05, 3.63) is 11.2 Å². The molecule has 18 heavy (non-hydrogen) atoms. The van der Waals surface area contributed by atoms with Crippen LogP contribution in [0.25, 0.3) is 0 Å². The number of carbonyl (C=O) groups is 1. The number of aromatic nitrogens is 2. The second-order valence-corrected chi connectivity index (χ2v) is 3.89. The van der Waals surface area contributed by atoms with E-state index >= 15 is 0 Å². The van der Waals surface area contributed by atoms with Gasteiger partial charge in [0.1, 0.15) is 5.15 Å². The number of rotatable bonds is 3. The van der Waals surface area contributed by atoms with Crippen molar-refractivity contribution in [2.75, 3.05) is 26.8 Å². The van der Waals surface area contributed by atoms with Crippen LogP contribution in [0, 0.1) is 0 Å². The Kier molecular flexibility index (Phi) is 4.29.